The minimum atomic E-state index is -0.376. The van der Waals surface area contributed by atoms with Crippen molar-refractivity contribution >= 4 is 11.6 Å². The molecule has 2 aromatic rings. The Morgan fingerprint density at radius 1 is 1.24 bits per heavy atom. The standard InChI is InChI=1S/C18H14ClFO/c19-9-3-5-13-7-8-16(11-18(13)20)21-12-15-10-14-4-1-2-6-17(14)15/h1-2,4,6-8,11,15H,9-10,12H2. The predicted octanol–water partition coefficient (Wildman–Crippen LogP) is 4.13. The maximum absolute atomic E-state index is 13.8. The van der Waals surface area contributed by atoms with Gasteiger partial charge in [0.1, 0.15) is 11.6 Å². The summed E-state index contributed by atoms with van der Waals surface area (Å²) in [5, 5.41) is 0. The Kier molecular flexibility index (Phi) is 4.13. The largest absolute Gasteiger partial charge is 0.493 e. The van der Waals surface area contributed by atoms with Gasteiger partial charge in [-0.05, 0) is 29.7 Å². The Morgan fingerprint density at radius 3 is 2.86 bits per heavy atom. The molecule has 1 nitrogen and oxygen atoms in total. The topological polar surface area (TPSA) is 9.23 Å². The fraction of sp³-hybridized carbons (Fsp3) is 0.222. The third-order valence-electron chi connectivity index (χ3n) is 3.64. The molecule has 2 aromatic carbocycles. The molecule has 0 aliphatic heterocycles. The molecule has 3 heteroatoms. The van der Waals surface area contributed by atoms with Gasteiger partial charge in [0.2, 0.25) is 0 Å². The average Bonchev–Trinajstić information content (AvgIpc) is 2.47. The van der Waals surface area contributed by atoms with Crippen molar-refractivity contribution in [1.82, 2.24) is 0 Å². The molecule has 0 saturated heterocycles. The lowest BCUT2D eigenvalue weighted by Crippen LogP contribution is -2.23. The second kappa shape index (κ2) is 6.20. The zero-order valence-corrected chi connectivity index (χ0v) is 12.2. The number of ether oxygens (including phenoxy) is 1. The molecule has 3 rings (SSSR count). The Hall–Kier alpha value is -1.98. The maximum atomic E-state index is 13.8. The summed E-state index contributed by atoms with van der Waals surface area (Å²) in [4.78, 5) is 0. The van der Waals surface area contributed by atoms with Gasteiger partial charge >= 0.3 is 0 Å². The van der Waals surface area contributed by atoms with Crippen molar-refractivity contribution in [2.45, 2.75) is 12.3 Å². The molecule has 1 unspecified atom stereocenters. The average molecular weight is 301 g/mol. The number of alkyl halides is 1. The third-order valence-corrected chi connectivity index (χ3v) is 3.78. The quantitative estimate of drug-likeness (QED) is 0.611. The molecule has 0 radical (unpaired) electrons. The van der Waals surface area contributed by atoms with E-state index in [-0.39, 0.29) is 11.7 Å². The molecule has 0 fully saturated rings. The Labute approximate surface area is 128 Å². The van der Waals surface area contributed by atoms with Gasteiger partial charge in [-0.1, -0.05) is 36.1 Å². The molecule has 1 aliphatic carbocycles. The van der Waals surface area contributed by atoms with Crippen molar-refractivity contribution in [2.75, 3.05) is 12.5 Å². The first kappa shape index (κ1) is 14.0. The smallest absolute Gasteiger partial charge is 0.142 e. The molecule has 106 valence electrons. The van der Waals surface area contributed by atoms with Gasteiger partial charge < -0.3 is 4.74 Å². The van der Waals surface area contributed by atoms with Crippen LogP contribution in [-0.4, -0.2) is 12.5 Å². The highest BCUT2D eigenvalue weighted by molar-refractivity contribution is 6.19. The van der Waals surface area contributed by atoms with Crippen LogP contribution < -0.4 is 4.74 Å². The Balaban J connectivity index is 1.63. The number of hydrogen-bond donors (Lipinski definition) is 0. The number of hydrogen-bond acceptors (Lipinski definition) is 1. The van der Waals surface area contributed by atoms with Gasteiger partial charge in [-0.2, -0.15) is 0 Å². The van der Waals surface area contributed by atoms with E-state index in [0.717, 1.165) is 6.42 Å². The molecule has 0 saturated carbocycles. The van der Waals surface area contributed by atoms with E-state index < -0.39 is 0 Å². The summed E-state index contributed by atoms with van der Waals surface area (Å²) in [6.45, 7) is 0.573. The molecule has 21 heavy (non-hydrogen) atoms. The van der Waals surface area contributed by atoms with E-state index in [0.29, 0.717) is 23.8 Å². The lowest BCUT2D eigenvalue weighted by atomic mass is 9.78. The zero-order valence-electron chi connectivity index (χ0n) is 11.4. The van der Waals surface area contributed by atoms with Gasteiger partial charge in [0, 0.05) is 12.0 Å². The number of halogens is 2. The first-order valence-electron chi connectivity index (χ1n) is 6.83. The molecule has 0 bridgehead atoms. The van der Waals surface area contributed by atoms with Crippen LogP contribution in [0.3, 0.4) is 0 Å². The molecular weight excluding hydrogens is 287 g/mol. The monoisotopic (exact) mass is 300 g/mol. The molecule has 1 atom stereocenters. The van der Waals surface area contributed by atoms with Crippen LogP contribution >= 0.6 is 11.6 Å². The van der Waals surface area contributed by atoms with Crippen molar-refractivity contribution < 1.29 is 9.13 Å². The summed E-state index contributed by atoms with van der Waals surface area (Å²) >= 11 is 5.46. The van der Waals surface area contributed by atoms with Gasteiger partial charge in [-0.25, -0.2) is 4.39 Å². The summed E-state index contributed by atoms with van der Waals surface area (Å²) in [5.41, 5.74) is 3.06. The maximum Gasteiger partial charge on any atom is 0.142 e. The highest BCUT2D eigenvalue weighted by Gasteiger charge is 2.25. The van der Waals surface area contributed by atoms with Crippen molar-refractivity contribution in [3.8, 4) is 17.6 Å². The molecule has 0 aromatic heterocycles. The van der Waals surface area contributed by atoms with E-state index >= 15 is 0 Å². The van der Waals surface area contributed by atoms with Gasteiger partial charge in [-0.3, -0.25) is 0 Å². The van der Waals surface area contributed by atoms with Crippen molar-refractivity contribution in [1.29, 1.82) is 0 Å². The van der Waals surface area contributed by atoms with Crippen molar-refractivity contribution in [2.24, 2.45) is 0 Å². The number of rotatable bonds is 3. The summed E-state index contributed by atoms with van der Waals surface area (Å²) in [6.07, 6.45) is 1.03. The number of fused-ring (bicyclic) bond motifs is 1. The molecule has 0 N–H and O–H groups in total. The van der Waals surface area contributed by atoms with Gasteiger partial charge in [-0.15, -0.1) is 11.6 Å². The van der Waals surface area contributed by atoms with Crippen LogP contribution in [0.2, 0.25) is 0 Å². The predicted molar refractivity (Wildman–Crippen MR) is 82.4 cm³/mol. The Morgan fingerprint density at radius 2 is 2.10 bits per heavy atom. The van der Waals surface area contributed by atoms with E-state index in [1.807, 2.05) is 12.1 Å². The summed E-state index contributed by atoms with van der Waals surface area (Å²) in [5.74, 6) is 6.07. The van der Waals surface area contributed by atoms with Crippen LogP contribution in [-0.2, 0) is 6.42 Å². The van der Waals surface area contributed by atoms with E-state index in [1.54, 1.807) is 12.1 Å². The normalized spacial score (nSPS) is 15.4. The minimum Gasteiger partial charge on any atom is -0.493 e. The lowest BCUT2D eigenvalue weighted by Gasteiger charge is -2.29. The minimum absolute atomic E-state index is 0.193. The molecule has 0 heterocycles. The van der Waals surface area contributed by atoms with Crippen LogP contribution in [0.25, 0.3) is 0 Å². The van der Waals surface area contributed by atoms with E-state index in [4.69, 9.17) is 16.3 Å². The van der Waals surface area contributed by atoms with Crippen molar-refractivity contribution in [3.63, 3.8) is 0 Å². The second-order valence-electron chi connectivity index (χ2n) is 4.99. The van der Waals surface area contributed by atoms with Gasteiger partial charge in [0.05, 0.1) is 18.1 Å². The number of benzene rings is 2. The summed E-state index contributed by atoms with van der Waals surface area (Å²) in [6, 6.07) is 13.1. The van der Waals surface area contributed by atoms with Crippen LogP contribution in [0.4, 0.5) is 4.39 Å². The zero-order chi connectivity index (χ0) is 14.7. The highest BCUT2D eigenvalue weighted by Crippen LogP contribution is 2.35. The molecule has 1 aliphatic rings. The molecule has 0 spiro atoms. The van der Waals surface area contributed by atoms with Crippen LogP contribution in [0.1, 0.15) is 22.6 Å². The first-order chi connectivity index (χ1) is 10.3. The van der Waals surface area contributed by atoms with E-state index in [2.05, 4.69) is 24.0 Å². The summed E-state index contributed by atoms with van der Waals surface area (Å²) < 4.78 is 19.5. The fourth-order valence-corrected chi connectivity index (χ4v) is 2.59. The van der Waals surface area contributed by atoms with Gasteiger partial charge in [0.25, 0.3) is 0 Å². The second-order valence-corrected chi connectivity index (χ2v) is 5.26. The fourth-order valence-electron chi connectivity index (χ4n) is 2.52. The summed E-state index contributed by atoms with van der Waals surface area (Å²) in [7, 11) is 0. The molecular formula is C18H14ClFO. The first-order valence-corrected chi connectivity index (χ1v) is 7.36. The molecule has 0 amide bonds. The third kappa shape index (κ3) is 3.04. The van der Waals surface area contributed by atoms with Gasteiger partial charge in [0.15, 0.2) is 0 Å². The lowest BCUT2D eigenvalue weighted by molar-refractivity contribution is 0.274. The highest BCUT2D eigenvalue weighted by atomic mass is 35.5. The van der Waals surface area contributed by atoms with Crippen LogP contribution in [0.15, 0.2) is 42.5 Å². The van der Waals surface area contributed by atoms with Crippen LogP contribution in [0, 0.1) is 17.7 Å². The van der Waals surface area contributed by atoms with Crippen molar-refractivity contribution in [3.05, 3.63) is 65.0 Å². The Bertz CT molecular complexity index is 715. The van der Waals surface area contributed by atoms with E-state index in [1.165, 1.54) is 17.2 Å². The van der Waals surface area contributed by atoms with Crippen LogP contribution in [0.5, 0.6) is 5.75 Å². The SMILES string of the molecule is Fc1cc(OCC2Cc3ccccc32)ccc1C#CCCl. The van der Waals surface area contributed by atoms with E-state index in [9.17, 15) is 4.39 Å².